The molecule has 43 heavy (non-hydrogen) atoms. The van der Waals surface area contributed by atoms with E-state index in [2.05, 4.69) is 20.7 Å². The Bertz CT molecular complexity index is 1520. The molecule has 2 amide bonds. The molecule has 3 aromatic rings. The standard InChI is InChI=1S/C31H39FN6O5/c1-31(2,3)43-30(40)35-23-10-8-7-9-22(23)34-28-26(32)21-17-38(16-18-11-12-20(41-5)13-24(18)42-6)29(39)25(21)27(36-28)19-14-33-37(4)15-19/h11-15,22-23H,7-10,16-17H2,1-6H3,(H,34,36)(H,35,40). The molecule has 2 aromatic heterocycles. The molecule has 5 rings (SSSR count). The second-order valence-corrected chi connectivity index (χ2v) is 12.0. The number of hydrogen-bond donors (Lipinski definition) is 2. The fourth-order valence-electron chi connectivity index (χ4n) is 5.69. The number of benzene rings is 1. The van der Waals surface area contributed by atoms with Gasteiger partial charge in [-0.15, -0.1) is 0 Å². The molecule has 0 bridgehead atoms. The molecule has 1 fully saturated rings. The summed E-state index contributed by atoms with van der Waals surface area (Å²) in [7, 11) is 4.89. The van der Waals surface area contributed by atoms with Crippen molar-refractivity contribution in [2.45, 2.75) is 77.2 Å². The maximum Gasteiger partial charge on any atom is 0.407 e. The lowest BCUT2D eigenvalue weighted by Crippen LogP contribution is -2.50. The Morgan fingerprint density at radius 3 is 2.53 bits per heavy atom. The molecule has 0 saturated heterocycles. The first kappa shape index (κ1) is 30.1. The number of methoxy groups -OCH3 is 2. The van der Waals surface area contributed by atoms with Gasteiger partial charge in [0.05, 0.1) is 44.3 Å². The van der Waals surface area contributed by atoms with Crippen LogP contribution < -0.4 is 20.1 Å². The van der Waals surface area contributed by atoms with Crippen LogP contribution in [0.4, 0.5) is 15.0 Å². The van der Waals surface area contributed by atoms with E-state index in [4.69, 9.17) is 14.2 Å². The number of carbonyl (C=O) groups excluding carboxylic acids is 2. The molecular weight excluding hydrogens is 555 g/mol. The van der Waals surface area contributed by atoms with Gasteiger partial charge in [-0.05, 0) is 45.7 Å². The summed E-state index contributed by atoms with van der Waals surface area (Å²) < 4.78 is 34.2. The maximum absolute atomic E-state index is 16.3. The summed E-state index contributed by atoms with van der Waals surface area (Å²) in [4.78, 5) is 32.6. The largest absolute Gasteiger partial charge is 0.497 e. The third kappa shape index (κ3) is 6.52. The highest BCUT2D eigenvalue weighted by molar-refractivity contribution is 6.04. The summed E-state index contributed by atoms with van der Waals surface area (Å²) in [5, 5.41) is 10.5. The predicted octanol–water partition coefficient (Wildman–Crippen LogP) is 5.04. The zero-order chi connectivity index (χ0) is 30.9. The summed E-state index contributed by atoms with van der Waals surface area (Å²) >= 11 is 0. The number of nitrogens with zero attached hydrogens (tertiary/aromatic N) is 4. The second-order valence-electron chi connectivity index (χ2n) is 12.0. The summed E-state index contributed by atoms with van der Waals surface area (Å²) in [6.45, 7) is 5.69. The van der Waals surface area contributed by atoms with E-state index < -0.39 is 17.5 Å². The quantitative estimate of drug-likeness (QED) is 0.372. The Hall–Kier alpha value is -4.35. The van der Waals surface area contributed by atoms with Crippen molar-refractivity contribution >= 4 is 17.8 Å². The van der Waals surface area contributed by atoms with Gasteiger partial charge in [0, 0.05) is 48.6 Å². The summed E-state index contributed by atoms with van der Waals surface area (Å²) in [5.41, 5.74) is 1.57. The number of fused-ring (bicyclic) bond motifs is 1. The van der Waals surface area contributed by atoms with Crippen LogP contribution in [0.1, 0.15) is 67.9 Å². The minimum absolute atomic E-state index is 0.0390. The van der Waals surface area contributed by atoms with Crippen molar-refractivity contribution in [1.82, 2.24) is 25.0 Å². The molecule has 1 aromatic carbocycles. The normalized spacial score (nSPS) is 18.3. The fraction of sp³-hybridized carbons (Fsp3) is 0.484. The average molecular weight is 595 g/mol. The molecule has 2 unspecified atom stereocenters. The number of rotatable bonds is 8. The van der Waals surface area contributed by atoms with Crippen molar-refractivity contribution in [3.63, 3.8) is 0 Å². The maximum atomic E-state index is 16.3. The van der Waals surface area contributed by atoms with Gasteiger partial charge in [-0.1, -0.05) is 12.8 Å². The summed E-state index contributed by atoms with van der Waals surface area (Å²) in [6.07, 6.45) is 6.12. The number of nitrogens with one attached hydrogen (secondary N) is 2. The van der Waals surface area contributed by atoms with Crippen LogP contribution in [0, 0.1) is 5.82 Å². The molecule has 230 valence electrons. The molecule has 2 atom stereocenters. The van der Waals surface area contributed by atoms with Crippen LogP contribution in [0.2, 0.25) is 0 Å². The Morgan fingerprint density at radius 2 is 1.88 bits per heavy atom. The lowest BCUT2D eigenvalue weighted by molar-refractivity contribution is 0.0488. The number of pyridine rings is 1. The van der Waals surface area contributed by atoms with Crippen molar-refractivity contribution in [3.05, 3.63) is 53.1 Å². The second kappa shape index (κ2) is 12.1. The van der Waals surface area contributed by atoms with Crippen LogP contribution in [-0.2, 0) is 24.9 Å². The van der Waals surface area contributed by atoms with Crippen molar-refractivity contribution in [3.8, 4) is 22.8 Å². The van der Waals surface area contributed by atoms with Gasteiger partial charge in [0.1, 0.15) is 17.1 Å². The third-order valence-electron chi connectivity index (χ3n) is 7.71. The zero-order valence-electron chi connectivity index (χ0n) is 25.5. The first-order valence-corrected chi connectivity index (χ1v) is 14.4. The first-order valence-electron chi connectivity index (χ1n) is 14.4. The van der Waals surface area contributed by atoms with E-state index in [9.17, 15) is 9.59 Å². The number of halogens is 1. The number of hydrogen-bond acceptors (Lipinski definition) is 8. The highest BCUT2D eigenvalue weighted by atomic mass is 19.1. The minimum atomic E-state index is -0.637. The smallest absolute Gasteiger partial charge is 0.407 e. The van der Waals surface area contributed by atoms with Crippen molar-refractivity contribution in [2.75, 3.05) is 19.5 Å². The van der Waals surface area contributed by atoms with Crippen LogP contribution in [0.5, 0.6) is 11.5 Å². The van der Waals surface area contributed by atoms with Crippen LogP contribution in [0.15, 0.2) is 30.6 Å². The number of anilines is 1. The van der Waals surface area contributed by atoms with E-state index in [1.807, 2.05) is 26.8 Å². The van der Waals surface area contributed by atoms with E-state index in [0.29, 0.717) is 29.2 Å². The molecule has 1 aliphatic carbocycles. The van der Waals surface area contributed by atoms with Gasteiger partial charge in [0.25, 0.3) is 5.91 Å². The van der Waals surface area contributed by atoms with Crippen molar-refractivity contribution in [1.29, 1.82) is 0 Å². The molecule has 11 nitrogen and oxygen atoms in total. The molecule has 3 heterocycles. The zero-order valence-corrected chi connectivity index (χ0v) is 25.5. The molecule has 0 radical (unpaired) electrons. The summed E-state index contributed by atoms with van der Waals surface area (Å²) in [5.74, 6) is 0.326. The van der Waals surface area contributed by atoms with Crippen LogP contribution >= 0.6 is 0 Å². The van der Waals surface area contributed by atoms with E-state index >= 15 is 4.39 Å². The Morgan fingerprint density at radius 1 is 1.14 bits per heavy atom. The average Bonchev–Trinajstić information content (AvgIpc) is 3.53. The number of alkyl carbamates (subject to hydrolysis) is 1. The van der Waals surface area contributed by atoms with E-state index in [1.165, 1.54) is 0 Å². The first-order chi connectivity index (χ1) is 20.5. The van der Waals surface area contributed by atoms with Crippen molar-refractivity contribution < 1.29 is 28.2 Å². The monoisotopic (exact) mass is 594 g/mol. The van der Waals surface area contributed by atoms with E-state index in [0.717, 1.165) is 24.8 Å². The van der Waals surface area contributed by atoms with Gasteiger partial charge < -0.3 is 29.7 Å². The molecule has 2 aliphatic rings. The topological polar surface area (TPSA) is 120 Å². The highest BCUT2D eigenvalue weighted by Crippen LogP contribution is 2.38. The number of amides is 2. The summed E-state index contributed by atoms with van der Waals surface area (Å²) in [6, 6.07) is 4.82. The number of carbonyl (C=O) groups is 2. The number of aromatic nitrogens is 3. The fourth-order valence-corrected chi connectivity index (χ4v) is 5.69. The minimum Gasteiger partial charge on any atom is -0.497 e. The van der Waals surface area contributed by atoms with Gasteiger partial charge in [0.15, 0.2) is 11.6 Å². The molecule has 12 heteroatoms. The number of aryl methyl sites for hydroxylation is 1. The predicted molar refractivity (Wildman–Crippen MR) is 159 cm³/mol. The molecule has 1 aliphatic heterocycles. The van der Waals surface area contributed by atoms with E-state index in [1.54, 1.807) is 55.4 Å². The van der Waals surface area contributed by atoms with E-state index in [-0.39, 0.29) is 48.0 Å². The molecule has 0 spiro atoms. The Labute approximate surface area is 250 Å². The molecule has 2 N–H and O–H groups in total. The Balaban J connectivity index is 1.47. The van der Waals surface area contributed by atoms with Gasteiger partial charge >= 0.3 is 6.09 Å². The molecule has 1 saturated carbocycles. The van der Waals surface area contributed by atoms with Gasteiger partial charge in [-0.25, -0.2) is 14.2 Å². The molecular formula is C31H39FN6O5. The number of ether oxygens (including phenoxy) is 3. The van der Waals surface area contributed by atoms with Crippen LogP contribution in [-0.4, -0.2) is 63.6 Å². The highest BCUT2D eigenvalue weighted by Gasteiger charge is 2.37. The van der Waals surface area contributed by atoms with Crippen molar-refractivity contribution in [2.24, 2.45) is 7.05 Å². The van der Waals surface area contributed by atoms with Crippen LogP contribution in [0.25, 0.3) is 11.3 Å². The lowest BCUT2D eigenvalue weighted by atomic mass is 9.90. The van der Waals surface area contributed by atoms with Gasteiger partial charge in [-0.3, -0.25) is 9.48 Å². The third-order valence-corrected chi connectivity index (χ3v) is 7.71. The lowest BCUT2D eigenvalue weighted by Gasteiger charge is -2.34. The Kier molecular flexibility index (Phi) is 8.48. The van der Waals surface area contributed by atoms with Crippen LogP contribution in [0.3, 0.4) is 0 Å². The SMILES string of the molecule is COc1ccc(CN2Cc3c(F)c(NC4CCCCC4NC(=O)OC(C)(C)C)nc(-c4cnn(C)c4)c3C2=O)c(OC)c1. The van der Waals surface area contributed by atoms with Gasteiger partial charge in [0.2, 0.25) is 0 Å². The van der Waals surface area contributed by atoms with Gasteiger partial charge in [-0.2, -0.15) is 5.10 Å².